The van der Waals surface area contributed by atoms with Crippen molar-refractivity contribution in [3.8, 4) is 0 Å². The Morgan fingerprint density at radius 1 is 1.47 bits per heavy atom. The van der Waals surface area contributed by atoms with E-state index in [1.165, 1.54) is 4.88 Å². The number of nitrogens with zero attached hydrogens (tertiary/aromatic N) is 1. The molecule has 0 amide bonds. The van der Waals surface area contributed by atoms with Crippen LogP contribution in [0.5, 0.6) is 0 Å². The highest BCUT2D eigenvalue weighted by molar-refractivity contribution is 9.10. The maximum Gasteiger partial charge on any atom is 0.0593 e. The summed E-state index contributed by atoms with van der Waals surface area (Å²) >= 11 is 5.29. The molecule has 1 aliphatic heterocycles. The topological polar surface area (TPSA) is 38.5 Å². The molecule has 1 saturated heterocycles. The Kier molecular flexibility index (Phi) is 4.99. The minimum absolute atomic E-state index is 0.138. The summed E-state index contributed by atoms with van der Waals surface area (Å²) in [5.41, 5.74) is 6.17. The fourth-order valence-electron chi connectivity index (χ4n) is 2.30. The number of hydrogen-bond acceptors (Lipinski definition) is 4. The molecule has 2 atom stereocenters. The van der Waals surface area contributed by atoms with Crippen LogP contribution >= 0.6 is 27.3 Å². The number of rotatable bonds is 3. The standard InChI is InChI=1S/C12H19BrN2OS/c1-9(14)12(11-7-10(13)8-17-11)15-3-2-5-16-6-4-15/h7-9,12H,2-6,14H2,1H3. The molecule has 1 aromatic heterocycles. The van der Waals surface area contributed by atoms with E-state index in [9.17, 15) is 0 Å². The van der Waals surface area contributed by atoms with Gasteiger partial charge in [-0.3, -0.25) is 4.90 Å². The molecule has 2 unspecified atom stereocenters. The highest BCUT2D eigenvalue weighted by Crippen LogP contribution is 2.31. The van der Waals surface area contributed by atoms with Crippen LogP contribution in [0.4, 0.5) is 0 Å². The normalized spacial score (nSPS) is 22.1. The first-order valence-electron chi connectivity index (χ1n) is 6.00. The first kappa shape index (κ1) is 13.5. The molecule has 2 heterocycles. The van der Waals surface area contributed by atoms with E-state index in [-0.39, 0.29) is 6.04 Å². The Bertz CT molecular complexity index is 348. The van der Waals surface area contributed by atoms with Crippen molar-refractivity contribution in [1.82, 2.24) is 4.90 Å². The van der Waals surface area contributed by atoms with Crippen LogP contribution in [0.2, 0.25) is 0 Å². The first-order valence-corrected chi connectivity index (χ1v) is 7.67. The van der Waals surface area contributed by atoms with Gasteiger partial charge in [-0.2, -0.15) is 0 Å². The third-order valence-corrected chi connectivity index (χ3v) is 4.79. The van der Waals surface area contributed by atoms with Crippen LogP contribution in [0.1, 0.15) is 24.3 Å². The van der Waals surface area contributed by atoms with Crippen LogP contribution in [0.25, 0.3) is 0 Å². The molecular formula is C12H19BrN2OS. The summed E-state index contributed by atoms with van der Waals surface area (Å²) in [6.07, 6.45) is 1.09. The molecule has 1 fully saturated rings. The van der Waals surface area contributed by atoms with E-state index in [1.807, 2.05) is 0 Å². The second-order valence-corrected chi connectivity index (χ2v) is 6.33. The summed E-state index contributed by atoms with van der Waals surface area (Å²) in [6, 6.07) is 2.64. The van der Waals surface area contributed by atoms with Gasteiger partial charge >= 0.3 is 0 Å². The summed E-state index contributed by atoms with van der Waals surface area (Å²) < 4.78 is 6.65. The lowest BCUT2D eigenvalue weighted by Gasteiger charge is -2.32. The maximum absolute atomic E-state index is 6.17. The zero-order valence-electron chi connectivity index (χ0n) is 10.1. The van der Waals surface area contributed by atoms with Crippen molar-refractivity contribution >= 4 is 27.3 Å². The lowest BCUT2D eigenvalue weighted by atomic mass is 10.1. The fraction of sp³-hybridized carbons (Fsp3) is 0.667. The van der Waals surface area contributed by atoms with Gasteiger partial charge in [-0.15, -0.1) is 11.3 Å². The second kappa shape index (κ2) is 6.29. The van der Waals surface area contributed by atoms with Crippen LogP contribution in [0, 0.1) is 0 Å². The monoisotopic (exact) mass is 318 g/mol. The minimum Gasteiger partial charge on any atom is -0.380 e. The predicted molar refractivity (Wildman–Crippen MR) is 75.4 cm³/mol. The molecule has 0 bridgehead atoms. The van der Waals surface area contributed by atoms with Crippen LogP contribution in [0.15, 0.2) is 15.9 Å². The smallest absolute Gasteiger partial charge is 0.0593 e. The molecule has 1 aliphatic rings. The zero-order chi connectivity index (χ0) is 12.3. The quantitative estimate of drug-likeness (QED) is 0.931. The van der Waals surface area contributed by atoms with Crippen LogP contribution < -0.4 is 5.73 Å². The Balaban J connectivity index is 2.15. The van der Waals surface area contributed by atoms with Gasteiger partial charge in [0.15, 0.2) is 0 Å². The van der Waals surface area contributed by atoms with Gasteiger partial charge in [-0.1, -0.05) is 0 Å². The molecule has 0 spiro atoms. The summed E-state index contributed by atoms with van der Waals surface area (Å²) in [5.74, 6) is 0. The molecule has 2 N–H and O–H groups in total. The van der Waals surface area contributed by atoms with E-state index in [0.29, 0.717) is 6.04 Å². The SMILES string of the molecule is CC(N)C(c1cc(Br)cs1)N1CCCOCC1. The number of ether oxygens (including phenoxy) is 1. The first-order chi connectivity index (χ1) is 8.18. The summed E-state index contributed by atoms with van der Waals surface area (Å²) in [5, 5.41) is 2.12. The maximum atomic E-state index is 6.17. The van der Waals surface area contributed by atoms with Crippen LogP contribution in [0.3, 0.4) is 0 Å². The summed E-state index contributed by atoms with van der Waals surface area (Å²) in [7, 11) is 0. The highest BCUT2D eigenvalue weighted by atomic mass is 79.9. The predicted octanol–water partition coefficient (Wildman–Crippen LogP) is 2.62. The van der Waals surface area contributed by atoms with Crippen LogP contribution in [-0.4, -0.2) is 37.2 Å². The van der Waals surface area contributed by atoms with E-state index in [1.54, 1.807) is 11.3 Å². The molecule has 5 heteroatoms. The van der Waals surface area contributed by atoms with Crippen molar-refractivity contribution in [3.05, 3.63) is 20.8 Å². The molecule has 0 aliphatic carbocycles. The number of hydrogen-bond donors (Lipinski definition) is 1. The van der Waals surface area contributed by atoms with Crippen molar-refractivity contribution in [2.45, 2.75) is 25.4 Å². The van der Waals surface area contributed by atoms with Crippen molar-refractivity contribution in [3.63, 3.8) is 0 Å². The molecule has 0 saturated carbocycles. The molecule has 1 aromatic rings. The van der Waals surface area contributed by atoms with E-state index < -0.39 is 0 Å². The van der Waals surface area contributed by atoms with Crippen molar-refractivity contribution in [2.24, 2.45) is 5.73 Å². The molecule has 0 aromatic carbocycles. The largest absolute Gasteiger partial charge is 0.380 e. The third-order valence-electron chi connectivity index (χ3n) is 3.03. The Hall–Kier alpha value is 0.0600. The molecule has 0 radical (unpaired) electrons. The highest BCUT2D eigenvalue weighted by Gasteiger charge is 2.26. The van der Waals surface area contributed by atoms with Gasteiger partial charge in [0.05, 0.1) is 12.6 Å². The number of nitrogens with two attached hydrogens (primary N) is 1. The number of halogens is 1. The van der Waals surface area contributed by atoms with Gasteiger partial charge in [-0.25, -0.2) is 0 Å². The van der Waals surface area contributed by atoms with Gasteiger partial charge in [0, 0.05) is 40.5 Å². The lowest BCUT2D eigenvalue weighted by Crippen LogP contribution is -2.40. The van der Waals surface area contributed by atoms with E-state index in [0.717, 1.165) is 37.2 Å². The van der Waals surface area contributed by atoms with Gasteiger partial charge in [-0.05, 0) is 35.3 Å². The average molecular weight is 319 g/mol. The Labute approximate surface area is 115 Å². The average Bonchev–Trinajstić information content (AvgIpc) is 2.53. The molecule has 2 rings (SSSR count). The Morgan fingerprint density at radius 3 is 2.94 bits per heavy atom. The summed E-state index contributed by atoms with van der Waals surface area (Å²) in [6.45, 7) is 5.82. The van der Waals surface area contributed by atoms with Gasteiger partial charge < -0.3 is 10.5 Å². The second-order valence-electron chi connectivity index (χ2n) is 4.47. The van der Waals surface area contributed by atoms with E-state index in [4.69, 9.17) is 10.5 Å². The van der Waals surface area contributed by atoms with E-state index >= 15 is 0 Å². The zero-order valence-corrected chi connectivity index (χ0v) is 12.5. The van der Waals surface area contributed by atoms with Crippen molar-refractivity contribution < 1.29 is 4.74 Å². The van der Waals surface area contributed by atoms with Crippen LogP contribution in [-0.2, 0) is 4.74 Å². The van der Waals surface area contributed by atoms with Crippen molar-refractivity contribution in [1.29, 1.82) is 0 Å². The van der Waals surface area contributed by atoms with Gasteiger partial charge in [0.2, 0.25) is 0 Å². The third kappa shape index (κ3) is 3.51. The molecular weight excluding hydrogens is 300 g/mol. The Morgan fingerprint density at radius 2 is 2.29 bits per heavy atom. The fourth-order valence-corrected chi connectivity index (χ4v) is 3.99. The minimum atomic E-state index is 0.138. The number of thiophene rings is 1. The molecule has 3 nitrogen and oxygen atoms in total. The lowest BCUT2D eigenvalue weighted by molar-refractivity contribution is 0.127. The van der Waals surface area contributed by atoms with E-state index in [2.05, 4.69) is 39.2 Å². The molecule has 17 heavy (non-hydrogen) atoms. The van der Waals surface area contributed by atoms with Crippen molar-refractivity contribution in [2.75, 3.05) is 26.3 Å². The summed E-state index contributed by atoms with van der Waals surface area (Å²) in [4.78, 5) is 3.80. The van der Waals surface area contributed by atoms with Gasteiger partial charge in [0.25, 0.3) is 0 Å². The van der Waals surface area contributed by atoms with Gasteiger partial charge in [0.1, 0.15) is 0 Å². The molecule has 96 valence electrons.